The summed E-state index contributed by atoms with van der Waals surface area (Å²) in [5.41, 5.74) is 0. The maximum atomic E-state index is 3.91. The van der Waals surface area contributed by atoms with Gasteiger partial charge in [-0.3, -0.25) is 4.57 Å². The highest BCUT2D eigenvalue weighted by molar-refractivity contribution is 5.16. The summed E-state index contributed by atoms with van der Waals surface area (Å²) in [5, 5.41) is 7.53. The Morgan fingerprint density at radius 3 is 2.91 bits per heavy atom. The summed E-state index contributed by atoms with van der Waals surface area (Å²) >= 11 is 0. The van der Waals surface area contributed by atoms with Crippen LogP contribution in [-0.2, 0) is 7.05 Å². The van der Waals surface area contributed by atoms with E-state index in [9.17, 15) is 0 Å². The van der Waals surface area contributed by atoms with Crippen molar-refractivity contribution in [3.05, 3.63) is 24.9 Å². The summed E-state index contributed by atoms with van der Waals surface area (Å²) in [5.74, 6) is 0.905. The number of imidazole rings is 1. The minimum Gasteiger partial charge on any atom is -0.289 e. The minimum atomic E-state index is 0.905. The summed E-state index contributed by atoms with van der Waals surface area (Å²) in [6.07, 6.45) is 6.95. The molecule has 0 fully saturated rings. The summed E-state index contributed by atoms with van der Waals surface area (Å²) in [4.78, 5) is 3.91. The highest BCUT2D eigenvalue weighted by Crippen LogP contribution is 2.00. The molecule has 0 aliphatic heterocycles. The zero-order valence-electron chi connectivity index (χ0n) is 6.05. The van der Waals surface area contributed by atoms with E-state index in [1.165, 1.54) is 0 Å². The molecule has 5 nitrogen and oxygen atoms in total. The Bertz CT molecular complexity index is 333. The van der Waals surface area contributed by atoms with E-state index in [1.54, 1.807) is 23.4 Å². The first-order valence-corrected chi connectivity index (χ1v) is 3.21. The third kappa shape index (κ3) is 0.899. The number of nitrogens with zero attached hydrogens (tertiary/aromatic N) is 5. The fourth-order valence-electron chi connectivity index (χ4n) is 0.913. The van der Waals surface area contributed by atoms with Crippen LogP contribution in [0, 0.1) is 0 Å². The molecular weight excluding hydrogens is 142 g/mol. The van der Waals surface area contributed by atoms with Gasteiger partial charge in [-0.05, 0) is 0 Å². The SMILES string of the molecule is Cn1nncc1-n1ccnc1. The van der Waals surface area contributed by atoms with Crippen LogP contribution in [0.1, 0.15) is 0 Å². The standard InChI is InChI=1S/C6H7N5/c1-10-6(4-8-9-10)11-3-2-7-5-11/h2-5H,1H3. The van der Waals surface area contributed by atoms with E-state index >= 15 is 0 Å². The quantitative estimate of drug-likeness (QED) is 0.573. The Balaban J connectivity index is 2.53. The first kappa shape index (κ1) is 6.09. The average Bonchev–Trinajstić information content (AvgIpc) is 2.55. The molecule has 0 unspecified atom stereocenters. The van der Waals surface area contributed by atoms with Crippen molar-refractivity contribution in [3.63, 3.8) is 0 Å². The Kier molecular flexibility index (Phi) is 1.21. The van der Waals surface area contributed by atoms with Gasteiger partial charge in [0.2, 0.25) is 0 Å². The van der Waals surface area contributed by atoms with Gasteiger partial charge in [-0.25, -0.2) is 9.67 Å². The number of hydrogen-bond donors (Lipinski definition) is 0. The van der Waals surface area contributed by atoms with Crippen molar-refractivity contribution in [2.45, 2.75) is 0 Å². The summed E-state index contributed by atoms with van der Waals surface area (Å²) in [6.45, 7) is 0. The summed E-state index contributed by atoms with van der Waals surface area (Å²) in [6, 6.07) is 0. The van der Waals surface area contributed by atoms with E-state index in [2.05, 4.69) is 15.3 Å². The van der Waals surface area contributed by atoms with Crippen molar-refractivity contribution >= 4 is 0 Å². The normalized spacial score (nSPS) is 10.3. The minimum absolute atomic E-state index is 0.905. The van der Waals surface area contributed by atoms with E-state index in [-0.39, 0.29) is 0 Å². The van der Waals surface area contributed by atoms with Crippen molar-refractivity contribution in [1.29, 1.82) is 0 Å². The number of aryl methyl sites for hydroxylation is 1. The molecule has 0 aromatic carbocycles. The molecule has 0 spiro atoms. The van der Waals surface area contributed by atoms with Crippen molar-refractivity contribution in [2.75, 3.05) is 0 Å². The van der Waals surface area contributed by atoms with Gasteiger partial charge in [0.05, 0.1) is 6.20 Å². The monoisotopic (exact) mass is 149 g/mol. The second kappa shape index (κ2) is 2.19. The number of rotatable bonds is 1. The van der Waals surface area contributed by atoms with E-state index in [4.69, 9.17) is 0 Å². The van der Waals surface area contributed by atoms with Crippen LogP contribution in [0.15, 0.2) is 24.9 Å². The third-order valence-corrected chi connectivity index (χ3v) is 1.46. The first-order valence-electron chi connectivity index (χ1n) is 3.21. The lowest BCUT2D eigenvalue weighted by Crippen LogP contribution is -2.00. The molecule has 0 aliphatic rings. The van der Waals surface area contributed by atoms with E-state index in [0.717, 1.165) is 5.82 Å². The number of aromatic nitrogens is 5. The van der Waals surface area contributed by atoms with Crippen LogP contribution in [0.4, 0.5) is 0 Å². The van der Waals surface area contributed by atoms with Gasteiger partial charge in [-0.2, -0.15) is 0 Å². The maximum absolute atomic E-state index is 3.91. The van der Waals surface area contributed by atoms with Gasteiger partial charge in [0.1, 0.15) is 6.33 Å². The zero-order chi connectivity index (χ0) is 7.68. The Morgan fingerprint density at radius 2 is 2.36 bits per heavy atom. The topological polar surface area (TPSA) is 48.5 Å². The Morgan fingerprint density at radius 1 is 1.45 bits per heavy atom. The molecule has 0 amide bonds. The van der Waals surface area contributed by atoms with Gasteiger partial charge in [-0.1, -0.05) is 5.21 Å². The van der Waals surface area contributed by atoms with Crippen molar-refractivity contribution in [2.24, 2.45) is 7.05 Å². The van der Waals surface area contributed by atoms with Crippen molar-refractivity contribution < 1.29 is 0 Å². The zero-order valence-corrected chi connectivity index (χ0v) is 6.05. The summed E-state index contributed by atoms with van der Waals surface area (Å²) in [7, 11) is 1.84. The van der Waals surface area contributed by atoms with Crippen LogP contribution in [0.5, 0.6) is 0 Å². The van der Waals surface area contributed by atoms with Gasteiger partial charge in [0.15, 0.2) is 5.82 Å². The lowest BCUT2D eigenvalue weighted by atomic mass is 10.7. The van der Waals surface area contributed by atoms with E-state index in [0.29, 0.717) is 0 Å². The van der Waals surface area contributed by atoms with Crippen LogP contribution in [0.3, 0.4) is 0 Å². The number of hydrogen-bond acceptors (Lipinski definition) is 3. The molecule has 2 aromatic heterocycles. The average molecular weight is 149 g/mol. The highest BCUT2D eigenvalue weighted by Gasteiger charge is 1.99. The first-order chi connectivity index (χ1) is 5.38. The van der Waals surface area contributed by atoms with Gasteiger partial charge in [0.25, 0.3) is 0 Å². The Labute approximate surface area is 63.3 Å². The smallest absolute Gasteiger partial charge is 0.156 e. The molecule has 2 heterocycles. The molecule has 0 bridgehead atoms. The molecule has 0 atom stereocenters. The third-order valence-electron chi connectivity index (χ3n) is 1.46. The second-order valence-electron chi connectivity index (χ2n) is 2.19. The predicted octanol–water partition coefficient (Wildman–Crippen LogP) is 0.000800. The van der Waals surface area contributed by atoms with Gasteiger partial charge in [0, 0.05) is 19.4 Å². The van der Waals surface area contributed by atoms with Crippen LogP contribution in [0.2, 0.25) is 0 Å². The Hall–Kier alpha value is -1.65. The molecule has 0 saturated heterocycles. The molecular formula is C6H7N5. The second-order valence-corrected chi connectivity index (χ2v) is 2.19. The molecule has 0 aliphatic carbocycles. The van der Waals surface area contributed by atoms with Crippen molar-refractivity contribution in [1.82, 2.24) is 24.5 Å². The fourth-order valence-corrected chi connectivity index (χ4v) is 0.913. The molecule has 2 rings (SSSR count). The molecule has 11 heavy (non-hydrogen) atoms. The molecule has 56 valence electrons. The van der Waals surface area contributed by atoms with Crippen LogP contribution in [-0.4, -0.2) is 24.5 Å². The largest absolute Gasteiger partial charge is 0.289 e. The van der Waals surface area contributed by atoms with E-state index in [1.807, 2.05) is 17.8 Å². The molecule has 5 heteroatoms. The predicted molar refractivity (Wildman–Crippen MR) is 38.1 cm³/mol. The lowest BCUT2D eigenvalue weighted by molar-refractivity contribution is 0.691. The maximum Gasteiger partial charge on any atom is 0.156 e. The molecule has 0 saturated carbocycles. The highest BCUT2D eigenvalue weighted by atomic mass is 15.4. The lowest BCUT2D eigenvalue weighted by Gasteiger charge is -1.97. The molecule has 0 radical (unpaired) electrons. The van der Waals surface area contributed by atoms with E-state index < -0.39 is 0 Å². The van der Waals surface area contributed by atoms with Gasteiger partial charge in [-0.15, -0.1) is 5.10 Å². The van der Waals surface area contributed by atoms with Crippen LogP contribution in [0.25, 0.3) is 5.82 Å². The van der Waals surface area contributed by atoms with Crippen molar-refractivity contribution in [3.8, 4) is 5.82 Å². The molecule has 2 aromatic rings. The summed E-state index contributed by atoms with van der Waals surface area (Å²) < 4.78 is 3.53. The fraction of sp³-hybridized carbons (Fsp3) is 0.167. The van der Waals surface area contributed by atoms with Crippen LogP contribution >= 0.6 is 0 Å². The van der Waals surface area contributed by atoms with Crippen LogP contribution < -0.4 is 0 Å². The van der Waals surface area contributed by atoms with Gasteiger partial charge < -0.3 is 0 Å². The van der Waals surface area contributed by atoms with Gasteiger partial charge >= 0.3 is 0 Å². The molecule has 0 N–H and O–H groups in total.